The van der Waals surface area contributed by atoms with E-state index in [1.165, 1.54) is 7.05 Å². The van der Waals surface area contributed by atoms with Crippen LogP contribution < -0.4 is 15.4 Å². The third-order valence-corrected chi connectivity index (χ3v) is 6.60. The van der Waals surface area contributed by atoms with E-state index in [1.54, 1.807) is 0 Å². The molecule has 3 heterocycles. The van der Waals surface area contributed by atoms with E-state index >= 15 is 0 Å². The van der Waals surface area contributed by atoms with Crippen molar-refractivity contribution >= 4 is 33.9 Å². The molecule has 14 heteroatoms. The zero-order valence-electron chi connectivity index (χ0n) is 20.3. The molecule has 1 aromatic carbocycles. The van der Waals surface area contributed by atoms with Crippen molar-refractivity contribution in [3.8, 4) is 5.75 Å². The molecule has 2 N–H and O–H groups in total. The van der Waals surface area contributed by atoms with Gasteiger partial charge in [-0.15, -0.1) is 0 Å². The first-order valence-electron chi connectivity index (χ1n) is 11.4. The van der Waals surface area contributed by atoms with Crippen LogP contribution >= 0.6 is 11.3 Å². The number of benzene rings is 1. The Morgan fingerprint density at radius 3 is 2.50 bits per heavy atom. The molecule has 0 bridgehead atoms. The lowest BCUT2D eigenvalue weighted by Crippen LogP contribution is -2.34. The first-order chi connectivity index (χ1) is 17.9. The highest BCUT2D eigenvalue weighted by atomic mass is 32.1. The van der Waals surface area contributed by atoms with Crippen LogP contribution in [0.3, 0.4) is 0 Å². The van der Waals surface area contributed by atoms with Gasteiger partial charge in [0, 0.05) is 31.6 Å². The Hall–Kier alpha value is -3.26. The summed E-state index contributed by atoms with van der Waals surface area (Å²) in [5.41, 5.74) is -1.89. The topological polar surface area (TPSA) is 93.2 Å². The standard InChI is InChI=1S/C18H13F6N3O2S.C6H11NO/c1-17(21,22)18(23,24)8-5-10-16(26-6-8)30-12(27-10)7-29-11-4-3-9(19)13(14(11)20)15(28)25-2;8-5-6-1-3-7-4-2-6/h3-6H,7H2,1-2H3,(H,25,28);5-7H,1-4H2. The van der Waals surface area contributed by atoms with Crippen LogP contribution in [0.4, 0.5) is 26.3 Å². The molecule has 0 spiro atoms. The van der Waals surface area contributed by atoms with E-state index in [1.807, 2.05) is 0 Å². The highest BCUT2D eigenvalue weighted by molar-refractivity contribution is 7.18. The quantitative estimate of drug-likeness (QED) is 0.316. The summed E-state index contributed by atoms with van der Waals surface area (Å²) in [5, 5.41) is 5.46. The van der Waals surface area contributed by atoms with E-state index in [0.29, 0.717) is 12.1 Å². The number of carbonyl (C=O) groups excluding carboxylic acids is 2. The Balaban J connectivity index is 0.000000427. The molecule has 3 aromatic rings. The minimum absolute atomic E-state index is 0.0642. The number of carbonyl (C=O) groups is 2. The molecule has 0 atom stereocenters. The van der Waals surface area contributed by atoms with E-state index < -0.39 is 46.3 Å². The van der Waals surface area contributed by atoms with Crippen LogP contribution in [0, 0.1) is 17.6 Å². The number of rotatable bonds is 7. The van der Waals surface area contributed by atoms with Gasteiger partial charge >= 0.3 is 11.8 Å². The molecule has 1 amide bonds. The highest BCUT2D eigenvalue weighted by Gasteiger charge is 2.53. The minimum Gasteiger partial charge on any atom is -0.483 e. The summed E-state index contributed by atoms with van der Waals surface area (Å²) in [4.78, 5) is 29.6. The average Bonchev–Trinajstić information content (AvgIpc) is 3.30. The van der Waals surface area contributed by atoms with Gasteiger partial charge in [0.1, 0.15) is 39.6 Å². The van der Waals surface area contributed by atoms with Crippen molar-refractivity contribution in [2.45, 2.75) is 38.2 Å². The maximum atomic E-state index is 14.4. The van der Waals surface area contributed by atoms with Crippen LogP contribution in [-0.2, 0) is 17.3 Å². The van der Waals surface area contributed by atoms with Crippen molar-refractivity contribution in [1.82, 2.24) is 20.6 Å². The molecule has 0 saturated carbocycles. The minimum atomic E-state index is -4.44. The van der Waals surface area contributed by atoms with Crippen molar-refractivity contribution in [2.75, 3.05) is 20.1 Å². The van der Waals surface area contributed by atoms with Crippen LogP contribution in [0.25, 0.3) is 10.3 Å². The van der Waals surface area contributed by atoms with Gasteiger partial charge in [-0.25, -0.2) is 18.7 Å². The lowest BCUT2D eigenvalue weighted by Gasteiger charge is -2.22. The van der Waals surface area contributed by atoms with Gasteiger partial charge in [-0.1, -0.05) is 11.3 Å². The zero-order valence-corrected chi connectivity index (χ0v) is 21.1. The average molecular weight is 563 g/mol. The highest BCUT2D eigenvalue weighted by Crippen LogP contribution is 2.43. The molecule has 1 fully saturated rings. The number of pyridine rings is 1. The third-order valence-electron chi connectivity index (χ3n) is 5.64. The predicted octanol–water partition coefficient (Wildman–Crippen LogP) is 4.84. The number of amides is 1. The number of piperidine rings is 1. The Bertz CT molecular complexity index is 1290. The lowest BCUT2D eigenvalue weighted by molar-refractivity contribution is -0.204. The summed E-state index contributed by atoms with van der Waals surface area (Å²) in [7, 11) is 1.20. The van der Waals surface area contributed by atoms with Crippen molar-refractivity contribution < 1.29 is 40.7 Å². The monoisotopic (exact) mass is 562 g/mol. The van der Waals surface area contributed by atoms with Crippen LogP contribution in [0.2, 0.25) is 0 Å². The Labute approximate surface area is 217 Å². The molecule has 0 unspecified atom stereocenters. The molecule has 1 saturated heterocycles. The SMILES string of the molecule is CNC(=O)c1c(F)ccc(OCc2nc3cc(C(F)(F)C(C)(F)F)cnc3s2)c1F.O=CC1CCNCC1. The van der Waals surface area contributed by atoms with Crippen LogP contribution in [-0.4, -0.2) is 48.2 Å². The molecule has 206 valence electrons. The van der Waals surface area contributed by atoms with E-state index in [9.17, 15) is 35.9 Å². The van der Waals surface area contributed by atoms with Crippen LogP contribution in [0.5, 0.6) is 5.75 Å². The van der Waals surface area contributed by atoms with E-state index in [0.717, 1.165) is 61.8 Å². The molecule has 38 heavy (non-hydrogen) atoms. The number of fused-ring (bicyclic) bond motifs is 1. The predicted molar refractivity (Wildman–Crippen MR) is 128 cm³/mol. The maximum absolute atomic E-state index is 14.4. The Morgan fingerprint density at radius 1 is 1.24 bits per heavy atom. The first kappa shape index (κ1) is 29.3. The summed E-state index contributed by atoms with van der Waals surface area (Å²) in [6, 6.07) is 2.62. The van der Waals surface area contributed by atoms with Gasteiger partial charge in [0.25, 0.3) is 5.91 Å². The molecule has 0 radical (unpaired) electrons. The molecule has 4 rings (SSSR count). The fraction of sp³-hybridized carbons (Fsp3) is 0.417. The van der Waals surface area contributed by atoms with Crippen molar-refractivity contribution in [3.05, 3.63) is 52.2 Å². The largest absolute Gasteiger partial charge is 0.483 e. The number of hydrogen-bond acceptors (Lipinski definition) is 7. The lowest BCUT2D eigenvalue weighted by atomic mass is 10.0. The number of halogens is 6. The van der Waals surface area contributed by atoms with Gasteiger partial charge < -0.3 is 20.2 Å². The van der Waals surface area contributed by atoms with Crippen LogP contribution in [0.15, 0.2) is 24.4 Å². The number of nitrogens with zero attached hydrogens (tertiary/aromatic N) is 2. The summed E-state index contributed by atoms with van der Waals surface area (Å²) < 4.78 is 87.3. The second kappa shape index (κ2) is 12.1. The molecular formula is C24H24F6N4O3S. The first-order valence-corrected chi connectivity index (χ1v) is 12.2. The molecule has 1 aliphatic heterocycles. The van der Waals surface area contributed by atoms with Crippen LogP contribution in [0.1, 0.15) is 40.7 Å². The number of hydrogen-bond donors (Lipinski definition) is 2. The van der Waals surface area contributed by atoms with Crippen molar-refractivity contribution in [2.24, 2.45) is 5.92 Å². The number of nitrogens with one attached hydrogen (secondary N) is 2. The van der Waals surface area contributed by atoms with E-state index in [4.69, 9.17) is 4.74 Å². The smallest absolute Gasteiger partial charge is 0.336 e. The Kier molecular flexibility index (Phi) is 9.31. The van der Waals surface area contributed by atoms with Gasteiger partial charge in [-0.2, -0.15) is 17.6 Å². The van der Waals surface area contributed by atoms with Gasteiger partial charge in [0.05, 0.1) is 0 Å². The summed E-state index contributed by atoms with van der Waals surface area (Å²) in [6.45, 7) is 1.78. The molecule has 2 aromatic heterocycles. The third kappa shape index (κ3) is 6.59. The number of aldehydes is 1. The summed E-state index contributed by atoms with van der Waals surface area (Å²) >= 11 is 0.912. The van der Waals surface area contributed by atoms with Crippen molar-refractivity contribution in [3.63, 3.8) is 0 Å². The number of ether oxygens (including phenoxy) is 1. The fourth-order valence-electron chi connectivity index (χ4n) is 3.45. The number of aromatic nitrogens is 2. The van der Waals surface area contributed by atoms with Gasteiger partial charge in [0.2, 0.25) is 0 Å². The second-order valence-corrected chi connectivity index (χ2v) is 9.51. The maximum Gasteiger partial charge on any atom is 0.336 e. The van der Waals surface area contributed by atoms with Crippen molar-refractivity contribution in [1.29, 1.82) is 0 Å². The number of alkyl halides is 4. The summed E-state index contributed by atoms with van der Waals surface area (Å²) in [5.74, 6) is -12.1. The summed E-state index contributed by atoms with van der Waals surface area (Å²) in [6.07, 6.45) is 3.77. The molecule has 0 aliphatic carbocycles. The molecule has 7 nitrogen and oxygen atoms in total. The number of thiazole rings is 1. The van der Waals surface area contributed by atoms with Gasteiger partial charge in [-0.3, -0.25) is 4.79 Å². The molecule has 1 aliphatic rings. The van der Waals surface area contributed by atoms with E-state index in [2.05, 4.69) is 20.6 Å². The fourth-order valence-corrected chi connectivity index (χ4v) is 4.25. The van der Waals surface area contributed by atoms with Gasteiger partial charge in [-0.05, 0) is 44.1 Å². The molecular weight excluding hydrogens is 538 g/mol. The zero-order chi connectivity index (χ0) is 28.1. The second-order valence-electron chi connectivity index (χ2n) is 8.44. The van der Waals surface area contributed by atoms with Gasteiger partial charge in [0.15, 0.2) is 11.6 Å². The Morgan fingerprint density at radius 2 is 1.92 bits per heavy atom. The van der Waals surface area contributed by atoms with E-state index in [-0.39, 0.29) is 28.9 Å². The normalized spacial score (nSPS) is 14.5.